The van der Waals surface area contributed by atoms with Crippen LogP contribution >= 0.6 is 23.2 Å². The van der Waals surface area contributed by atoms with E-state index in [1.54, 1.807) is 84.9 Å². The maximum Gasteiger partial charge on any atom is 0.355 e. The van der Waals surface area contributed by atoms with Crippen molar-refractivity contribution >= 4 is 56.9 Å². The number of carboxylic acids is 2. The molecule has 0 spiro atoms. The summed E-state index contributed by atoms with van der Waals surface area (Å²) < 4.78 is 0. The topological polar surface area (TPSA) is 126 Å². The van der Waals surface area contributed by atoms with E-state index in [0.29, 0.717) is 43.5 Å². The van der Waals surface area contributed by atoms with E-state index >= 15 is 0 Å². The Morgan fingerprint density at radius 3 is 1.20 bits per heavy atom. The van der Waals surface area contributed by atoms with Crippen molar-refractivity contribution in [3.63, 3.8) is 0 Å². The monoisotopic (exact) mass is 568 g/mol. The van der Waals surface area contributed by atoms with E-state index in [1.165, 1.54) is 0 Å². The van der Waals surface area contributed by atoms with E-state index in [4.69, 9.17) is 23.2 Å². The minimum absolute atomic E-state index is 0.000509. The molecule has 196 valence electrons. The number of carbonyl (C=O) groups is 2. The van der Waals surface area contributed by atoms with Crippen molar-refractivity contribution in [2.24, 2.45) is 0 Å². The van der Waals surface area contributed by atoms with Gasteiger partial charge in [-0.25, -0.2) is 29.5 Å². The van der Waals surface area contributed by atoms with Crippen LogP contribution in [0, 0.1) is 0 Å². The summed E-state index contributed by atoms with van der Waals surface area (Å²) in [6.45, 7) is 0. The van der Waals surface area contributed by atoms with Crippen LogP contribution in [-0.4, -0.2) is 42.1 Å². The molecule has 6 aromatic rings. The van der Waals surface area contributed by atoms with Crippen LogP contribution < -0.4 is 0 Å². The third-order valence-corrected chi connectivity index (χ3v) is 6.32. The van der Waals surface area contributed by atoms with Crippen molar-refractivity contribution in [1.29, 1.82) is 0 Å². The Hall–Kier alpha value is -4.92. The molecule has 0 aliphatic heterocycles. The molecule has 0 amide bonds. The van der Waals surface area contributed by atoms with Gasteiger partial charge in [-0.15, -0.1) is 0 Å². The van der Waals surface area contributed by atoms with Crippen LogP contribution in [0.5, 0.6) is 0 Å². The van der Waals surface area contributed by atoms with Crippen LogP contribution in [0.25, 0.3) is 44.6 Å². The van der Waals surface area contributed by atoms with Crippen molar-refractivity contribution in [2.75, 3.05) is 0 Å². The Balaban J connectivity index is 0.000000161. The van der Waals surface area contributed by atoms with E-state index in [1.807, 2.05) is 12.1 Å². The first-order valence-electron chi connectivity index (χ1n) is 11.8. The second-order valence-electron chi connectivity index (χ2n) is 8.45. The summed E-state index contributed by atoms with van der Waals surface area (Å²) in [7, 11) is 0. The molecule has 0 atom stereocenters. The molecule has 8 nitrogen and oxygen atoms in total. The smallest absolute Gasteiger partial charge is 0.355 e. The minimum Gasteiger partial charge on any atom is -0.476 e. The number of nitrogens with zero attached hydrogens (tertiary/aromatic N) is 4. The van der Waals surface area contributed by atoms with Gasteiger partial charge in [0.1, 0.15) is 0 Å². The van der Waals surface area contributed by atoms with E-state index in [-0.39, 0.29) is 11.4 Å². The summed E-state index contributed by atoms with van der Waals surface area (Å²) in [6.07, 6.45) is 0. The lowest BCUT2D eigenvalue weighted by molar-refractivity contribution is 0.0682. The number of carboxylic acid groups (broad SMARTS) is 2. The van der Waals surface area contributed by atoms with Crippen LogP contribution in [0.4, 0.5) is 0 Å². The van der Waals surface area contributed by atoms with Gasteiger partial charge in [0, 0.05) is 31.9 Å². The number of benzene rings is 4. The normalized spacial score (nSPS) is 10.7. The van der Waals surface area contributed by atoms with E-state index < -0.39 is 11.9 Å². The number of aromatic carboxylic acids is 2. The zero-order valence-corrected chi connectivity index (χ0v) is 22.0. The standard InChI is InChI=1S/2C15H9ClN2O2/c2*16-10-7-5-9(6-8-10)14-17-12-4-2-1-3-11(12)13(18-14)15(19)20/h2*1-8H,(H,19,20). The molecule has 0 radical (unpaired) electrons. The van der Waals surface area contributed by atoms with Gasteiger partial charge in [0.05, 0.1) is 11.0 Å². The third kappa shape index (κ3) is 5.73. The van der Waals surface area contributed by atoms with Gasteiger partial charge in [-0.3, -0.25) is 0 Å². The Morgan fingerprint density at radius 2 is 0.850 bits per heavy atom. The first-order chi connectivity index (χ1) is 19.3. The van der Waals surface area contributed by atoms with Crippen molar-refractivity contribution in [3.8, 4) is 22.8 Å². The lowest BCUT2D eigenvalue weighted by atomic mass is 10.1. The fourth-order valence-electron chi connectivity index (χ4n) is 3.94. The molecule has 2 N–H and O–H groups in total. The highest BCUT2D eigenvalue weighted by molar-refractivity contribution is 6.30. The summed E-state index contributed by atoms with van der Waals surface area (Å²) in [5.41, 5.74) is 2.65. The minimum atomic E-state index is -1.07. The van der Waals surface area contributed by atoms with Crippen LogP contribution in [0.2, 0.25) is 10.0 Å². The van der Waals surface area contributed by atoms with Gasteiger partial charge in [-0.2, -0.15) is 0 Å². The fraction of sp³-hybridized carbons (Fsp3) is 0. The van der Waals surface area contributed by atoms with Crippen LogP contribution in [0.3, 0.4) is 0 Å². The van der Waals surface area contributed by atoms with Crippen molar-refractivity contribution in [3.05, 3.63) is 118 Å². The number of rotatable bonds is 4. The largest absolute Gasteiger partial charge is 0.476 e. The van der Waals surface area contributed by atoms with Gasteiger partial charge < -0.3 is 10.2 Å². The second kappa shape index (κ2) is 11.4. The van der Waals surface area contributed by atoms with Crippen molar-refractivity contribution < 1.29 is 19.8 Å². The van der Waals surface area contributed by atoms with Crippen molar-refractivity contribution in [1.82, 2.24) is 19.9 Å². The molecule has 0 saturated heterocycles. The highest BCUT2D eigenvalue weighted by atomic mass is 35.5. The number of aromatic nitrogens is 4. The molecule has 2 aromatic heterocycles. The van der Waals surface area contributed by atoms with E-state index in [9.17, 15) is 19.8 Å². The molecule has 0 bridgehead atoms. The zero-order valence-electron chi connectivity index (χ0n) is 20.5. The molecule has 4 aromatic carbocycles. The average Bonchev–Trinajstić information content (AvgIpc) is 2.97. The molecule has 0 fully saturated rings. The SMILES string of the molecule is O=C(O)c1nc(-c2ccc(Cl)cc2)nc2ccccc12.O=C(O)c1nc(-c2ccc(Cl)cc2)nc2ccccc12. The maximum atomic E-state index is 11.3. The number of hydrogen-bond donors (Lipinski definition) is 2. The number of hydrogen-bond acceptors (Lipinski definition) is 6. The Kier molecular flexibility index (Phi) is 7.63. The Bertz CT molecular complexity index is 1740. The predicted octanol–water partition coefficient (Wildman–Crippen LogP) is 7.30. The molecule has 0 aliphatic carbocycles. The average molecular weight is 569 g/mol. The first kappa shape index (κ1) is 26.7. The summed E-state index contributed by atoms with van der Waals surface area (Å²) >= 11 is 11.7. The summed E-state index contributed by atoms with van der Waals surface area (Å²) in [5, 5.41) is 20.8. The number of halogens is 2. The molecule has 0 unspecified atom stereocenters. The lowest BCUT2D eigenvalue weighted by Gasteiger charge is -2.06. The molecule has 0 saturated carbocycles. The summed E-state index contributed by atoms with van der Waals surface area (Å²) in [4.78, 5) is 39.8. The van der Waals surface area contributed by atoms with Gasteiger partial charge in [0.25, 0.3) is 0 Å². The predicted molar refractivity (Wildman–Crippen MR) is 154 cm³/mol. The lowest BCUT2D eigenvalue weighted by Crippen LogP contribution is -2.04. The van der Waals surface area contributed by atoms with Gasteiger partial charge in [-0.05, 0) is 60.7 Å². The highest BCUT2D eigenvalue weighted by Gasteiger charge is 2.15. The third-order valence-electron chi connectivity index (χ3n) is 5.82. The molecule has 6 rings (SSSR count). The second-order valence-corrected chi connectivity index (χ2v) is 9.32. The fourth-order valence-corrected chi connectivity index (χ4v) is 4.19. The zero-order chi connectivity index (χ0) is 28.2. The first-order valence-corrected chi connectivity index (χ1v) is 12.6. The van der Waals surface area contributed by atoms with Gasteiger partial charge in [0.2, 0.25) is 0 Å². The van der Waals surface area contributed by atoms with Crippen LogP contribution in [0.15, 0.2) is 97.1 Å². The van der Waals surface area contributed by atoms with E-state index in [2.05, 4.69) is 19.9 Å². The Labute approximate surface area is 237 Å². The Morgan fingerprint density at radius 1 is 0.500 bits per heavy atom. The molecule has 0 aliphatic rings. The number of para-hydroxylation sites is 2. The molecule has 2 heterocycles. The molecular formula is C30H18Cl2N4O4. The molecule has 10 heteroatoms. The van der Waals surface area contributed by atoms with Crippen LogP contribution in [-0.2, 0) is 0 Å². The summed E-state index contributed by atoms with van der Waals surface area (Å²) in [5.74, 6) is -1.40. The van der Waals surface area contributed by atoms with Gasteiger partial charge in [0.15, 0.2) is 23.0 Å². The maximum absolute atomic E-state index is 11.3. The van der Waals surface area contributed by atoms with Crippen LogP contribution in [0.1, 0.15) is 21.0 Å². The quantitative estimate of drug-likeness (QED) is 0.227. The summed E-state index contributed by atoms with van der Waals surface area (Å²) in [6, 6.07) is 28.0. The van der Waals surface area contributed by atoms with E-state index in [0.717, 1.165) is 11.1 Å². The molecule has 40 heavy (non-hydrogen) atoms. The van der Waals surface area contributed by atoms with Gasteiger partial charge >= 0.3 is 11.9 Å². The van der Waals surface area contributed by atoms with Crippen molar-refractivity contribution in [2.45, 2.75) is 0 Å². The molecular weight excluding hydrogens is 551 g/mol. The highest BCUT2D eigenvalue weighted by Crippen LogP contribution is 2.24. The number of fused-ring (bicyclic) bond motifs is 2. The van der Waals surface area contributed by atoms with Gasteiger partial charge in [-0.1, -0.05) is 59.6 Å².